The Kier molecular flexibility index (Phi) is 7.30. The van der Waals surface area contributed by atoms with Gasteiger partial charge in [-0.1, -0.05) is 25.1 Å². The number of piperidine rings is 1. The van der Waals surface area contributed by atoms with Gasteiger partial charge in [-0.15, -0.1) is 0 Å². The van der Waals surface area contributed by atoms with Gasteiger partial charge in [0.15, 0.2) is 0 Å². The van der Waals surface area contributed by atoms with E-state index in [0.717, 1.165) is 35.6 Å². The molecule has 0 radical (unpaired) electrons. The number of anilines is 2. The predicted molar refractivity (Wildman–Crippen MR) is 143 cm³/mol. The van der Waals surface area contributed by atoms with Crippen LogP contribution in [0, 0.1) is 12.8 Å². The lowest BCUT2D eigenvalue weighted by atomic mass is 9.80. The molecule has 1 fully saturated rings. The van der Waals surface area contributed by atoms with Crippen LogP contribution in [0.1, 0.15) is 83.2 Å². The number of hydrogen-bond donors (Lipinski definition) is 1. The van der Waals surface area contributed by atoms with Crippen LogP contribution >= 0.6 is 0 Å². The SMILES string of the molecule is CC(=O)N1c2ccc(C3CCN(C(=O)OC(C)(C)C)CC3)cc2C(Nc2cccc(C)n2)[C@@H](C)[C@@H]1C. The van der Waals surface area contributed by atoms with Crippen LogP contribution in [-0.4, -0.2) is 46.6 Å². The standard InChI is InChI=1S/C29H40N4O3/c1-18-9-8-10-26(30-18)31-27-19(2)20(3)33(21(4)34)25-12-11-23(17-24(25)27)22-13-15-32(16-14-22)28(35)36-29(5,6)7/h8-12,17,19-20,22,27H,13-16H2,1-7H3,(H,30,31)/t19-,20-,27?/m0/s1. The third kappa shape index (κ3) is 5.50. The van der Waals surface area contributed by atoms with Crippen molar-refractivity contribution >= 4 is 23.5 Å². The van der Waals surface area contributed by atoms with E-state index in [4.69, 9.17) is 4.74 Å². The van der Waals surface area contributed by atoms with E-state index in [-0.39, 0.29) is 30.0 Å². The van der Waals surface area contributed by atoms with Gasteiger partial charge in [0.05, 0.1) is 6.04 Å². The molecule has 0 saturated carbocycles. The number of carbonyl (C=O) groups is 2. The number of rotatable bonds is 3. The Balaban J connectivity index is 1.60. The minimum atomic E-state index is -0.489. The zero-order chi connectivity index (χ0) is 26.2. The molecule has 0 bridgehead atoms. The van der Waals surface area contributed by atoms with Gasteiger partial charge in [0.25, 0.3) is 0 Å². The van der Waals surface area contributed by atoms with Crippen LogP contribution in [0.4, 0.5) is 16.3 Å². The molecule has 1 aromatic heterocycles. The number of aromatic nitrogens is 1. The first kappa shape index (κ1) is 26.0. The van der Waals surface area contributed by atoms with Crippen LogP contribution < -0.4 is 10.2 Å². The average molecular weight is 493 g/mol. The molecule has 2 aromatic rings. The van der Waals surface area contributed by atoms with Crippen LogP contribution in [0.2, 0.25) is 0 Å². The maximum atomic E-state index is 12.7. The Bertz CT molecular complexity index is 1120. The van der Waals surface area contributed by atoms with Crippen molar-refractivity contribution in [1.82, 2.24) is 9.88 Å². The van der Waals surface area contributed by atoms with E-state index in [1.165, 1.54) is 5.56 Å². The molecule has 3 heterocycles. The number of amides is 2. The third-order valence-electron chi connectivity index (χ3n) is 7.49. The number of aryl methyl sites for hydroxylation is 1. The van der Waals surface area contributed by atoms with Crippen molar-refractivity contribution < 1.29 is 14.3 Å². The average Bonchev–Trinajstić information content (AvgIpc) is 2.81. The Hall–Kier alpha value is -3.09. The number of benzene rings is 1. The number of ether oxygens (including phenoxy) is 1. The second-order valence-corrected chi connectivity index (χ2v) is 11.3. The quantitative estimate of drug-likeness (QED) is 0.565. The van der Waals surface area contributed by atoms with E-state index >= 15 is 0 Å². The summed E-state index contributed by atoms with van der Waals surface area (Å²) in [4.78, 5) is 33.6. The number of likely N-dealkylation sites (tertiary alicyclic amines) is 1. The zero-order valence-corrected chi connectivity index (χ0v) is 22.7. The number of nitrogens with one attached hydrogen (secondary N) is 1. The summed E-state index contributed by atoms with van der Waals surface area (Å²) in [5.41, 5.74) is 3.83. The molecular formula is C29H40N4O3. The fourth-order valence-electron chi connectivity index (χ4n) is 5.48. The van der Waals surface area contributed by atoms with Gasteiger partial charge in [0.1, 0.15) is 11.4 Å². The molecule has 7 heteroatoms. The molecule has 1 saturated heterocycles. The molecule has 1 aromatic carbocycles. The predicted octanol–water partition coefficient (Wildman–Crippen LogP) is 6.05. The summed E-state index contributed by atoms with van der Waals surface area (Å²) in [5.74, 6) is 1.44. The topological polar surface area (TPSA) is 74.8 Å². The highest BCUT2D eigenvalue weighted by Gasteiger charge is 2.39. The second-order valence-electron chi connectivity index (χ2n) is 11.3. The second kappa shape index (κ2) is 10.1. The number of carbonyl (C=O) groups excluding carboxylic acids is 2. The molecule has 2 aliphatic heterocycles. The zero-order valence-electron chi connectivity index (χ0n) is 22.7. The van der Waals surface area contributed by atoms with E-state index < -0.39 is 5.60 Å². The van der Waals surface area contributed by atoms with Gasteiger partial charge >= 0.3 is 6.09 Å². The molecule has 1 N–H and O–H groups in total. The first-order valence-corrected chi connectivity index (χ1v) is 13.1. The molecule has 4 rings (SSSR count). The molecule has 194 valence electrons. The van der Waals surface area contributed by atoms with E-state index in [2.05, 4.69) is 42.3 Å². The maximum absolute atomic E-state index is 12.7. The normalized spacial score (nSPS) is 22.7. The van der Waals surface area contributed by atoms with Crippen molar-refractivity contribution in [3.05, 3.63) is 53.2 Å². The summed E-state index contributed by atoms with van der Waals surface area (Å²) >= 11 is 0. The van der Waals surface area contributed by atoms with Gasteiger partial charge in [-0.2, -0.15) is 0 Å². The highest BCUT2D eigenvalue weighted by molar-refractivity contribution is 5.94. The van der Waals surface area contributed by atoms with E-state index in [0.29, 0.717) is 19.0 Å². The molecule has 3 atom stereocenters. The van der Waals surface area contributed by atoms with Gasteiger partial charge in [-0.25, -0.2) is 9.78 Å². The third-order valence-corrected chi connectivity index (χ3v) is 7.49. The first-order valence-electron chi connectivity index (χ1n) is 13.1. The Morgan fingerprint density at radius 1 is 1.08 bits per heavy atom. The van der Waals surface area contributed by atoms with E-state index in [1.54, 1.807) is 6.92 Å². The van der Waals surface area contributed by atoms with Gasteiger partial charge in [0.2, 0.25) is 5.91 Å². The summed E-state index contributed by atoms with van der Waals surface area (Å²) in [5, 5.41) is 3.67. The van der Waals surface area contributed by atoms with Gasteiger partial charge in [0, 0.05) is 43.4 Å². The molecule has 2 amide bonds. The summed E-state index contributed by atoms with van der Waals surface area (Å²) < 4.78 is 5.56. The van der Waals surface area contributed by atoms with Crippen LogP contribution in [0.3, 0.4) is 0 Å². The van der Waals surface area contributed by atoms with E-state index in [9.17, 15) is 9.59 Å². The minimum absolute atomic E-state index is 0.0294. The lowest BCUT2D eigenvalue weighted by Crippen LogP contribution is -2.48. The van der Waals surface area contributed by atoms with Crippen molar-refractivity contribution in [3.63, 3.8) is 0 Å². The molecular weight excluding hydrogens is 452 g/mol. The molecule has 2 aliphatic rings. The number of nitrogens with zero attached hydrogens (tertiary/aromatic N) is 3. The molecule has 1 unspecified atom stereocenters. The lowest BCUT2D eigenvalue weighted by molar-refractivity contribution is -0.117. The fraction of sp³-hybridized carbons (Fsp3) is 0.552. The number of fused-ring (bicyclic) bond motifs is 1. The fourth-order valence-corrected chi connectivity index (χ4v) is 5.48. The minimum Gasteiger partial charge on any atom is -0.444 e. The maximum Gasteiger partial charge on any atom is 0.410 e. The lowest BCUT2D eigenvalue weighted by Gasteiger charge is -2.44. The largest absolute Gasteiger partial charge is 0.444 e. The summed E-state index contributed by atoms with van der Waals surface area (Å²) in [6.07, 6.45) is 1.54. The smallest absolute Gasteiger partial charge is 0.410 e. The molecule has 0 spiro atoms. The van der Waals surface area contributed by atoms with Crippen molar-refractivity contribution in [1.29, 1.82) is 0 Å². The van der Waals surface area contributed by atoms with Crippen molar-refractivity contribution in [2.45, 2.75) is 84.9 Å². The summed E-state index contributed by atoms with van der Waals surface area (Å²) in [6.45, 7) is 15.0. The van der Waals surface area contributed by atoms with Crippen molar-refractivity contribution in [2.24, 2.45) is 5.92 Å². The highest BCUT2D eigenvalue weighted by atomic mass is 16.6. The molecule has 0 aliphatic carbocycles. The van der Waals surface area contributed by atoms with Crippen molar-refractivity contribution in [3.8, 4) is 0 Å². The molecule has 36 heavy (non-hydrogen) atoms. The summed E-state index contributed by atoms with van der Waals surface area (Å²) in [7, 11) is 0. The first-order chi connectivity index (χ1) is 16.9. The van der Waals surface area contributed by atoms with Gasteiger partial charge in [-0.3, -0.25) is 4.79 Å². The van der Waals surface area contributed by atoms with Crippen LogP contribution in [0.15, 0.2) is 36.4 Å². The van der Waals surface area contributed by atoms with Gasteiger partial charge in [-0.05, 0) is 82.7 Å². The van der Waals surface area contributed by atoms with Crippen molar-refractivity contribution in [2.75, 3.05) is 23.3 Å². The Morgan fingerprint density at radius 2 is 1.78 bits per heavy atom. The summed E-state index contributed by atoms with van der Waals surface area (Å²) in [6, 6.07) is 12.6. The van der Waals surface area contributed by atoms with Crippen LogP contribution in [0.5, 0.6) is 0 Å². The Morgan fingerprint density at radius 3 is 2.39 bits per heavy atom. The Labute approximate surface area is 215 Å². The van der Waals surface area contributed by atoms with E-state index in [1.807, 2.05) is 55.7 Å². The number of hydrogen-bond acceptors (Lipinski definition) is 5. The van der Waals surface area contributed by atoms with Crippen LogP contribution in [0.25, 0.3) is 0 Å². The molecule has 7 nitrogen and oxygen atoms in total. The highest BCUT2D eigenvalue weighted by Crippen LogP contribution is 2.44. The monoisotopic (exact) mass is 492 g/mol. The van der Waals surface area contributed by atoms with Crippen LogP contribution in [-0.2, 0) is 9.53 Å². The number of pyridine rings is 1. The van der Waals surface area contributed by atoms with Gasteiger partial charge < -0.3 is 19.9 Å².